The van der Waals surface area contributed by atoms with Gasteiger partial charge in [-0.25, -0.2) is 15.9 Å². The van der Waals surface area contributed by atoms with E-state index in [2.05, 4.69) is 59.4 Å². The highest BCUT2D eigenvalue weighted by Gasteiger charge is 2.07. The molecule has 0 aliphatic carbocycles. The van der Waals surface area contributed by atoms with E-state index in [1.54, 1.807) is 6.07 Å². The first-order valence-electron chi connectivity index (χ1n) is 10.6. The van der Waals surface area contributed by atoms with E-state index in [0.29, 0.717) is 31.5 Å². The van der Waals surface area contributed by atoms with Gasteiger partial charge in [0.15, 0.2) is 0 Å². The van der Waals surface area contributed by atoms with Crippen molar-refractivity contribution in [2.75, 3.05) is 19.1 Å². The third-order valence-electron chi connectivity index (χ3n) is 4.69. The van der Waals surface area contributed by atoms with Crippen molar-refractivity contribution >= 4 is 18.2 Å². The Bertz CT molecular complexity index is 927. The summed E-state index contributed by atoms with van der Waals surface area (Å²) in [5.74, 6) is 4.95. The molecule has 0 saturated carbocycles. The van der Waals surface area contributed by atoms with Gasteiger partial charge in [-0.3, -0.25) is 8.78 Å². The van der Waals surface area contributed by atoms with E-state index in [4.69, 9.17) is 10.9 Å². The van der Waals surface area contributed by atoms with Crippen LogP contribution in [0.2, 0.25) is 0 Å². The molecule has 0 amide bonds. The van der Waals surface area contributed by atoms with E-state index in [0.717, 1.165) is 22.8 Å². The molecule has 0 aromatic carbocycles. The second-order valence-corrected chi connectivity index (χ2v) is 7.59. The predicted octanol–water partition coefficient (Wildman–Crippen LogP) is 5.97. The molecule has 3 heterocycles. The fourth-order valence-electron chi connectivity index (χ4n) is 3.38. The van der Waals surface area contributed by atoms with Gasteiger partial charge in [-0.15, -0.1) is 12.4 Å². The highest BCUT2D eigenvalue weighted by Crippen LogP contribution is 2.17. The first-order chi connectivity index (χ1) is 15.3. The van der Waals surface area contributed by atoms with E-state index in [9.17, 15) is 8.78 Å². The third-order valence-corrected chi connectivity index (χ3v) is 4.69. The van der Waals surface area contributed by atoms with Crippen LogP contribution in [0.25, 0.3) is 5.82 Å². The molecule has 192 valence electrons. The van der Waals surface area contributed by atoms with Crippen molar-refractivity contribution in [2.24, 2.45) is 5.90 Å². The van der Waals surface area contributed by atoms with Gasteiger partial charge in [-0.2, -0.15) is 0 Å². The number of hydrogen-bond acceptors (Lipinski definition) is 5. The van der Waals surface area contributed by atoms with Gasteiger partial charge < -0.3 is 15.5 Å². The Morgan fingerprint density at radius 3 is 1.68 bits per heavy atom. The number of rotatable bonds is 7. The number of alkyl halides is 2. The molecular weight excluding hydrogens is 460 g/mol. The van der Waals surface area contributed by atoms with Crippen molar-refractivity contribution < 1.29 is 14.0 Å². The highest BCUT2D eigenvalue weighted by atomic mass is 35.5. The fraction of sp³-hybridized carbons (Fsp3) is 0.440. The Hall–Kier alpha value is -2.55. The molecule has 3 aromatic rings. The molecule has 3 aromatic heterocycles. The number of nitrogens with zero attached hydrogens (tertiary/aromatic N) is 3. The number of nitrogen functional groups attached to an aromatic ring is 1. The molecule has 6 nitrogen and oxygen atoms in total. The number of aryl methyl sites for hydroxylation is 6. The number of halogens is 3. The summed E-state index contributed by atoms with van der Waals surface area (Å²) in [7, 11) is 0. The Morgan fingerprint density at radius 1 is 0.794 bits per heavy atom. The van der Waals surface area contributed by atoms with Gasteiger partial charge in [0.05, 0.1) is 13.3 Å². The van der Waals surface area contributed by atoms with Gasteiger partial charge in [0.25, 0.3) is 0 Å². The number of hydrogen-bond donors (Lipinski definition) is 3. The van der Waals surface area contributed by atoms with Crippen molar-refractivity contribution in [3.05, 3.63) is 70.3 Å². The van der Waals surface area contributed by atoms with Gasteiger partial charge >= 0.3 is 0 Å². The standard InChI is InChI=1S/C15H19FN2.C9H13FN2.CH4.ClH.H3NO/c1-11-9-14(5-4-8-16)17-15(10-11)18-12(2)6-7-13(18)3;1-7-5-8(3-2-4-10)12-9(11)6-7;;;1-2/h6-7,9-10H,4-5,8H2,1-3H3;5-6H,2-4H2,1H3,(H2,11,12);1H4;1H;2H,1H2. The molecule has 0 bridgehead atoms. The molecule has 0 radical (unpaired) electrons. The minimum atomic E-state index is -0.296. The smallest absolute Gasteiger partial charge is 0.137 e. The molecule has 34 heavy (non-hydrogen) atoms. The van der Waals surface area contributed by atoms with Crippen molar-refractivity contribution in [1.29, 1.82) is 0 Å². The van der Waals surface area contributed by atoms with Gasteiger partial charge in [0, 0.05) is 22.8 Å². The van der Waals surface area contributed by atoms with Crippen LogP contribution in [0.5, 0.6) is 0 Å². The fourth-order valence-corrected chi connectivity index (χ4v) is 3.38. The van der Waals surface area contributed by atoms with Crippen LogP contribution in [0.3, 0.4) is 0 Å². The number of aromatic nitrogens is 3. The van der Waals surface area contributed by atoms with Crippen molar-refractivity contribution in [3.63, 3.8) is 0 Å². The number of nitrogens with two attached hydrogens (primary N) is 2. The normalized spacial score (nSPS) is 9.53. The maximum atomic E-state index is 12.2. The third kappa shape index (κ3) is 11.0. The van der Waals surface area contributed by atoms with Crippen LogP contribution in [-0.2, 0) is 12.8 Å². The van der Waals surface area contributed by atoms with E-state index >= 15 is 0 Å². The Labute approximate surface area is 208 Å². The Kier molecular flexibility index (Phi) is 17.7. The molecule has 0 unspecified atom stereocenters. The molecule has 9 heteroatoms. The summed E-state index contributed by atoms with van der Waals surface area (Å²) in [6.07, 6.45) is 2.43. The quantitative estimate of drug-likeness (QED) is 0.348. The van der Waals surface area contributed by atoms with Crippen LogP contribution >= 0.6 is 12.4 Å². The Morgan fingerprint density at radius 2 is 1.24 bits per heavy atom. The Balaban J connectivity index is 0. The van der Waals surface area contributed by atoms with Crippen LogP contribution in [-0.4, -0.2) is 33.1 Å². The van der Waals surface area contributed by atoms with Crippen molar-refractivity contribution in [1.82, 2.24) is 14.5 Å². The molecule has 0 aliphatic rings. The lowest BCUT2D eigenvalue weighted by Crippen LogP contribution is -2.04. The SMILES string of the molecule is C.Cc1cc(CCCF)nc(-n2c(C)ccc2C)c1.Cc1cc(N)nc(CCCF)c1.Cl.NO. The van der Waals surface area contributed by atoms with Crippen molar-refractivity contribution in [2.45, 2.75) is 60.8 Å². The molecule has 0 spiro atoms. The lowest BCUT2D eigenvalue weighted by atomic mass is 10.2. The summed E-state index contributed by atoms with van der Waals surface area (Å²) in [5, 5.41) is 6.50. The van der Waals surface area contributed by atoms with Crippen LogP contribution in [0.4, 0.5) is 14.6 Å². The second-order valence-electron chi connectivity index (χ2n) is 7.59. The van der Waals surface area contributed by atoms with E-state index in [-0.39, 0.29) is 33.2 Å². The van der Waals surface area contributed by atoms with E-state index in [1.807, 2.05) is 19.1 Å². The summed E-state index contributed by atoms with van der Waals surface area (Å²) < 4.78 is 26.2. The average molecular weight is 500 g/mol. The van der Waals surface area contributed by atoms with Crippen LogP contribution in [0, 0.1) is 27.7 Å². The van der Waals surface area contributed by atoms with Crippen LogP contribution < -0.4 is 11.6 Å². The van der Waals surface area contributed by atoms with Gasteiger partial charge in [0.2, 0.25) is 0 Å². The first kappa shape index (κ1) is 33.6. The molecule has 3 rings (SSSR count). The zero-order chi connectivity index (χ0) is 24.1. The topological polar surface area (TPSA) is 103 Å². The summed E-state index contributed by atoms with van der Waals surface area (Å²) in [4.78, 5) is 8.71. The predicted molar refractivity (Wildman–Crippen MR) is 140 cm³/mol. The molecule has 0 aliphatic heterocycles. The van der Waals surface area contributed by atoms with Crippen LogP contribution in [0.1, 0.15) is 54.2 Å². The zero-order valence-corrected chi connectivity index (χ0v) is 20.6. The monoisotopic (exact) mass is 499 g/mol. The van der Waals surface area contributed by atoms with Gasteiger partial charge in [-0.05, 0) is 101 Å². The van der Waals surface area contributed by atoms with Crippen molar-refractivity contribution in [3.8, 4) is 5.82 Å². The zero-order valence-electron chi connectivity index (χ0n) is 19.8. The summed E-state index contributed by atoms with van der Waals surface area (Å²) in [6, 6.07) is 12.0. The molecule has 5 N–H and O–H groups in total. The highest BCUT2D eigenvalue weighted by molar-refractivity contribution is 5.85. The number of pyridine rings is 2. The summed E-state index contributed by atoms with van der Waals surface area (Å²) in [6.45, 7) is 7.56. The van der Waals surface area contributed by atoms with Gasteiger partial charge in [0.1, 0.15) is 11.6 Å². The average Bonchev–Trinajstić information content (AvgIpc) is 3.09. The molecule has 0 atom stereocenters. The second kappa shape index (κ2) is 17.9. The maximum absolute atomic E-state index is 12.2. The minimum Gasteiger partial charge on any atom is -0.384 e. The summed E-state index contributed by atoms with van der Waals surface area (Å²) in [5.41, 5.74) is 12.0. The maximum Gasteiger partial charge on any atom is 0.137 e. The van der Waals surface area contributed by atoms with Gasteiger partial charge in [-0.1, -0.05) is 7.43 Å². The van der Waals surface area contributed by atoms with E-state index < -0.39 is 0 Å². The lowest BCUT2D eigenvalue weighted by Gasteiger charge is -2.11. The molecule has 0 fully saturated rings. The van der Waals surface area contributed by atoms with E-state index in [1.165, 1.54) is 17.0 Å². The van der Waals surface area contributed by atoms with Crippen LogP contribution in [0.15, 0.2) is 36.4 Å². The number of anilines is 1. The molecular formula is C25H40ClF2N5O. The first-order valence-corrected chi connectivity index (χ1v) is 10.6. The molecule has 0 saturated heterocycles. The lowest BCUT2D eigenvalue weighted by molar-refractivity contribution is 0.311. The summed E-state index contributed by atoms with van der Waals surface area (Å²) >= 11 is 0. The largest absolute Gasteiger partial charge is 0.384 e. The minimum absolute atomic E-state index is 0.